The zero-order valence-corrected chi connectivity index (χ0v) is 14.1. The van der Waals surface area contributed by atoms with Crippen LogP contribution in [0.2, 0.25) is 5.02 Å². The molecule has 21 heavy (non-hydrogen) atoms. The third-order valence-corrected chi connectivity index (χ3v) is 5.03. The average molecular weight is 323 g/mol. The first-order chi connectivity index (χ1) is 10.0. The van der Waals surface area contributed by atoms with Crippen molar-refractivity contribution in [2.45, 2.75) is 38.6 Å². The number of benzene rings is 1. The van der Waals surface area contributed by atoms with Gasteiger partial charge in [-0.15, -0.1) is 11.8 Å². The molecule has 0 amide bonds. The number of hydrogen-bond donors (Lipinski definition) is 0. The first-order valence-corrected chi connectivity index (χ1v) is 8.31. The lowest BCUT2D eigenvalue weighted by Gasteiger charge is -2.06. The summed E-state index contributed by atoms with van der Waals surface area (Å²) in [7, 11) is 0. The summed E-state index contributed by atoms with van der Waals surface area (Å²) < 4.78 is 1.81. The SMILES string of the molecule is CCn1nc(C)c(Cl)c1CC(=O)CSc1ccccc1C. The Labute approximate surface area is 134 Å². The molecule has 0 radical (unpaired) electrons. The van der Waals surface area contributed by atoms with Gasteiger partial charge in [0.25, 0.3) is 0 Å². The lowest BCUT2D eigenvalue weighted by Crippen LogP contribution is -2.11. The molecule has 0 atom stereocenters. The Bertz CT molecular complexity index is 652. The van der Waals surface area contributed by atoms with Crippen molar-refractivity contribution in [2.24, 2.45) is 0 Å². The molecule has 0 fully saturated rings. The molecule has 112 valence electrons. The van der Waals surface area contributed by atoms with Gasteiger partial charge < -0.3 is 0 Å². The molecule has 0 bridgehead atoms. The summed E-state index contributed by atoms with van der Waals surface area (Å²) in [6.07, 6.45) is 0.340. The number of carbonyl (C=O) groups is 1. The minimum Gasteiger partial charge on any atom is -0.298 e. The molecule has 0 spiro atoms. The molecule has 0 saturated carbocycles. The largest absolute Gasteiger partial charge is 0.298 e. The highest BCUT2D eigenvalue weighted by Crippen LogP contribution is 2.24. The molecule has 0 N–H and O–H groups in total. The molecule has 3 nitrogen and oxygen atoms in total. The van der Waals surface area contributed by atoms with Crippen molar-refractivity contribution in [2.75, 3.05) is 5.75 Å². The zero-order valence-electron chi connectivity index (χ0n) is 12.5. The van der Waals surface area contributed by atoms with Crippen LogP contribution in [0.3, 0.4) is 0 Å². The molecule has 0 aliphatic rings. The average Bonchev–Trinajstić information content (AvgIpc) is 2.74. The molecule has 0 aliphatic heterocycles. The van der Waals surface area contributed by atoms with E-state index >= 15 is 0 Å². The second-order valence-corrected chi connectivity index (χ2v) is 6.33. The van der Waals surface area contributed by atoms with Crippen LogP contribution in [0.4, 0.5) is 0 Å². The van der Waals surface area contributed by atoms with Crippen molar-refractivity contribution in [3.05, 3.63) is 46.2 Å². The smallest absolute Gasteiger partial charge is 0.149 e. The molecule has 2 aromatic rings. The highest BCUT2D eigenvalue weighted by Gasteiger charge is 2.16. The summed E-state index contributed by atoms with van der Waals surface area (Å²) in [4.78, 5) is 13.4. The van der Waals surface area contributed by atoms with Crippen LogP contribution in [0, 0.1) is 13.8 Å². The Kier molecular flexibility index (Phi) is 5.48. The molecule has 0 saturated heterocycles. The van der Waals surface area contributed by atoms with Gasteiger partial charge in [-0.05, 0) is 32.4 Å². The van der Waals surface area contributed by atoms with Gasteiger partial charge in [0.05, 0.1) is 28.6 Å². The number of halogens is 1. The second-order valence-electron chi connectivity index (χ2n) is 4.93. The van der Waals surface area contributed by atoms with Crippen molar-refractivity contribution in [1.29, 1.82) is 0 Å². The van der Waals surface area contributed by atoms with E-state index in [1.54, 1.807) is 11.8 Å². The number of ketones is 1. The van der Waals surface area contributed by atoms with E-state index in [2.05, 4.69) is 18.1 Å². The lowest BCUT2D eigenvalue weighted by molar-refractivity contribution is -0.116. The fraction of sp³-hybridized carbons (Fsp3) is 0.375. The molecular formula is C16H19ClN2OS. The first-order valence-electron chi connectivity index (χ1n) is 6.94. The third kappa shape index (κ3) is 3.89. The van der Waals surface area contributed by atoms with Gasteiger partial charge in [-0.2, -0.15) is 5.10 Å². The van der Waals surface area contributed by atoms with Gasteiger partial charge in [0.15, 0.2) is 0 Å². The maximum atomic E-state index is 12.2. The second kappa shape index (κ2) is 7.14. The first kappa shape index (κ1) is 16.1. The highest BCUT2D eigenvalue weighted by atomic mass is 35.5. The van der Waals surface area contributed by atoms with Crippen molar-refractivity contribution in [1.82, 2.24) is 9.78 Å². The molecule has 0 unspecified atom stereocenters. The molecular weight excluding hydrogens is 304 g/mol. The summed E-state index contributed by atoms with van der Waals surface area (Å²) in [5, 5.41) is 4.96. The van der Waals surface area contributed by atoms with Crippen molar-refractivity contribution >= 4 is 29.1 Å². The number of hydrogen-bond acceptors (Lipinski definition) is 3. The topological polar surface area (TPSA) is 34.9 Å². The minimum atomic E-state index is 0.166. The maximum absolute atomic E-state index is 12.2. The molecule has 5 heteroatoms. The van der Waals surface area contributed by atoms with Crippen LogP contribution in [-0.2, 0) is 17.8 Å². The number of thioether (sulfide) groups is 1. The normalized spacial score (nSPS) is 10.9. The summed E-state index contributed by atoms with van der Waals surface area (Å²) >= 11 is 7.82. The van der Waals surface area contributed by atoms with Gasteiger partial charge >= 0.3 is 0 Å². The van der Waals surface area contributed by atoms with E-state index in [4.69, 9.17) is 11.6 Å². The van der Waals surface area contributed by atoms with Crippen LogP contribution in [-0.4, -0.2) is 21.3 Å². The Balaban J connectivity index is 2.01. The summed E-state index contributed by atoms with van der Waals surface area (Å²) in [5.41, 5.74) is 2.81. The maximum Gasteiger partial charge on any atom is 0.149 e. The van der Waals surface area contributed by atoms with Crippen molar-refractivity contribution in [3.63, 3.8) is 0 Å². The number of aryl methyl sites for hydroxylation is 3. The van der Waals surface area contributed by atoms with Crippen molar-refractivity contribution in [3.8, 4) is 0 Å². The van der Waals surface area contributed by atoms with Crippen molar-refractivity contribution < 1.29 is 4.79 Å². The molecule has 1 aromatic heterocycles. The van der Waals surface area contributed by atoms with Crippen LogP contribution in [0.5, 0.6) is 0 Å². The molecule has 1 heterocycles. The van der Waals surface area contributed by atoms with E-state index in [1.165, 1.54) is 5.56 Å². The van der Waals surface area contributed by atoms with Crippen LogP contribution in [0.25, 0.3) is 0 Å². The highest BCUT2D eigenvalue weighted by molar-refractivity contribution is 8.00. The Morgan fingerprint density at radius 3 is 2.71 bits per heavy atom. The number of carbonyl (C=O) groups excluding carboxylic acids is 1. The van der Waals surface area contributed by atoms with E-state index in [0.29, 0.717) is 17.2 Å². The lowest BCUT2D eigenvalue weighted by atomic mass is 10.2. The zero-order chi connectivity index (χ0) is 15.4. The van der Waals surface area contributed by atoms with Crippen LogP contribution in [0.1, 0.15) is 23.9 Å². The van der Waals surface area contributed by atoms with E-state index in [0.717, 1.165) is 22.8 Å². The van der Waals surface area contributed by atoms with Crippen LogP contribution >= 0.6 is 23.4 Å². The van der Waals surface area contributed by atoms with Crippen LogP contribution < -0.4 is 0 Å². The van der Waals surface area contributed by atoms with E-state index in [9.17, 15) is 4.79 Å². The summed E-state index contributed by atoms with van der Waals surface area (Å²) in [6.45, 7) is 6.64. The Morgan fingerprint density at radius 1 is 1.33 bits per heavy atom. The monoisotopic (exact) mass is 322 g/mol. The molecule has 1 aromatic carbocycles. The van der Waals surface area contributed by atoms with Gasteiger partial charge in [0, 0.05) is 11.4 Å². The standard InChI is InChI=1S/C16H19ClN2OS/c1-4-19-14(16(17)12(3)18-19)9-13(20)10-21-15-8-6-5-7-11(15)2/h5-8H,4,9-10H2,1-3H3. The fourth-order valence-electron chi connectivity index (χ4n) is 2.15. The Hall–Kier alpha value is -1.26. The van der Waals surface area contributed by atoms with Gasteiger partial charge in [0.2, 0.25) is 0 Å². The van der Waals surface area contributed by atoms with Crippen LogP contribution in [0.15, 0.2) is 29.2 Å². The fourth-order valence-corrected chi connectivity index (χ4v) is 3.24. The summed E-state index contributed by atoms with van der Waals surface area (Å²) in [6, 6.07) is 8.09. The van der Waals surface area contributed by atoms with E-state index in [-0.39, 0.29) is 5.78 Å². The van der Waals surface area contributed by atoms with Gasteiger partial charge in [-0.3, -0.25) is 9.48 Å². The predicted octanol–water partition coefficient (Wildman–Crippen LogP) is 4.08. The number of aromatic nitrogens is 2. The number of nitrogens with zero attached hydrogens (tertiary/aromatic N) is 2. The molecule has 2 rings (SSSR count). The van der Waals surface area contributed by atoms with E-state index in [1.807, 2.05) is 36.7 Å². The van der Waals surface area contributed by atoms with E-state index < -0.39 is 0 Å². The summed E-state index contributed by atoms with van der Waals surface area (Å²) in [5.74, 6) is 0.620. The quantitative estimate of drug-likeness (QED) is 0.752. The Morgan fingerprint density at radius 2 is 2.05 bits per heavy atom. The number of Topliss-reactive ketones (excluding diaryl/α,β-unsaturated/α-hetero) is 1. The predicted molar refractivity (Wildman–Crippen MR) is 88.3 cm³/mol. The van der Waals surface area contributed by atoms with Gasteiger partial charge in [-0.1, -0.05) is 29.8 Å². The molecule has 0 aliphatic carbocycles. The number of rotatable bonds is 6. The van der Waals surface area contributed by atoms with Gasteiger partial charge in [0.1, 0.15) is 5.78 Å². The minimum absolute atomic E-state index is 0.166. The van der Waals surface area contributed by atoms with Gasteiger partial charge in [-0.25, -0.2) is 0 Å². The third-order valence-electron chi connectivity index (χ3n) is 3.30.